The Morgan fingerprint density at radius 3 is 3.13 bits per heavy atom. The highest BCUT2D eigenvalue weighted by Gasteiger charge is 2.18. The fourth-order valence-corrected chi connectivity index (χ4v) is 2.40. The molecule has 1 unspecified atom stereocenters. The molecule has 0 N–H and O–H groups in total. The maximum Gasteiger partial charge on any atom is 0.132 e. The molecule has 1 aliphatic rings. The summed E-state index contributed by atoms with van der Waals surface area (Å²) in [4.78, 5) is 4.18. The van der Waals surface area contributed by atoms with E-state index in [0.29, 0.717) is 5.15 Å². The monoisotopic (exact) mass is 287 g/mol. The first kappa shape index (κ1) is 11.1. The minimum absolute atomic E-state index is 0.113. The van der Waals surface area contributed by atoms with Gasteiger partial charge in [0.05, 0.1) is 6.10 Å². The highest BCUT2D eigenvalue weighted by atomic mass is 79.9. The smallest absolute Gasteiger partial charge is 0.132 e. The Balaban J connectivity index is 2.48. The molecule has 1 aromatic heterocycles. The number of halogens is 2. The van der Waals surface area contributed by atoms with Gasteiger partial charge in [0.1, 0.15) is 5.15 Å². The predicted molar refractivity (Wildman–Crippen MR) is 65.4 cm³/mol. The number of fused-ring (bicyclic) bond motifs is 1. The number of alkyl halides is 1. The molecule has 0 bridgehead atoms. The Bertz CT molecular complexity index is 406. The molecule has 2 rings (SSSR count). The van der Waals surface area contributed by atoms with Crippen molar-refractivity contribution in [3.8, 4) is 0 Å². The Hall–Kier alpha value is -0.380. The quantitative estimate of drug-likeness (QED) is 0.616. The van der Waals surface area contributed by atoms with E-state index < -0.39 is 0 Å². The van der Waals surface area contributed by atoms with Crippen LogP contribution in [-0.4, -0.2) is 18.2 Å². The van der Waals surface area contributed by atoms with Crippen LogP contribution in [0.4, 0.5) is 0 Å². The average Bonchev–Trinajstić information content (AvgIpc) is 2.29. The van der Waals surface area contributed by atoms with Gasteiger partial charge in [0, 0.05) is 25.1 Å². The fourth-order valence-electron chi connectivity index (χ4n) is 1.73. The Kier molecular flexibility index (Phi) is 3.44. The second-order valence-electron chi connectivity index (χ2n) is 3.44. The largest absolute Gasteiger partial charge is 0.377 e. The summed E-state index contributed by atoms with van der Waals surface area (Å²) in [5.41, 5.74) is 3.43. The summed E-state index contributed by atoms with van der Waals surface area (Å²) >= 11 is 9.52. The zero-order valence-electron chi connectivity index (χ0n) is 8.34. The first-order valence-corrected chi connectivity index (χ1v) is 6.19. The van der Waals surface area contributed by atoms with E-state index in [-0.39, 0.29) is 6.10 Å². The van der Waals surface area contributed by atoms with Gasteiger partial charge in [0.2, 0.25) is 0 Å². The minimum Gasteiger partial charge on any atom is -0.377 e. The van der Waals surface area contributed by atoms with E-state index in [1.165, 1.54) is 11.1 Å². The lowest BCUT2D eigenvalue weighted by atomic mass is 9.94. The van der Waals surface area contributed by atoms with Gasteiger partial charge in [-0.05, 0) is 16.7 Å². The van der Waals surface area contributed by atoms with Crippen LogP contribution in [0.15, 0.2) is 12.3 Å². The van der Waals surface area contributed by atoms with Gasteiger partial charge in [0.25, 0.3) is 0 Å². The highest BCUT2D eigenvalue weighted by molar-refractivity contribution is 9.08. The molecule has 0 saturated carbocycles. The van der Waals surface area contributed by atoms with Gasteiger partial charge in [0.15, 0.2) is 0 Å². The van der Waals surface area contributed by atoms with Crippen molar-refractivity contribution in [1.29, 1.82) is 0 Å². The van der Waals surface area contributed by atoms with E-state index in [0.717, 1.165) is 17.3 Å². The lowest BCUT2D eigenvalue weighted by molar-refractivity contribution is 0.141. The van der Waals surface area contributed by atoms with E-state index in [2.05, 4.69) is 33.1 Å². The topological polar surface area (TPSA) is 22.1 Å². The number of hydrogen-bond donors (Lipinski definition) is 0. The van der Waals surface area contributed by atoms with Crippen molar-refractivity contribution in [2.24, 2.45) is 0 Å². The molecule has 0 aromatic carbocycles. The van der Waals surface area contributed by atoms with Gasteiger partial charge < -0.3 is 4.74 Å². The maximum absolute atomic E-state index is 6.08. The van der Waals surface area contributed by atoms with Crippen LogP contribution < -0.4 is 0 Å². The van der Waals surface area contributed by atoms with Gasteiger partial charge in [-0.2, -0.15) is 0 Å². The molecule has 80 valence electrons. The SMILES string of the molecule is COC1C=Cc2c(CBr)cnc(Cl)c2C1. The summed E-state index contributed by atoms with van der Waals surface area (Å²) in [5.74, 6) is 0. The highest BCUT2D eigenvalue weighted by Crippen LogP contribution is 2.29. The molecule has 4 heteroatoms. The van der Waals surface area contributed by atoms with Gasteiger partial charge in [-0.25, -0.2) is 4.98 Å². The molecule has 2 nitrogen and oxygen atoms in total. The number of nitrogens with zero attached hydrogens (tertiary/aromatic N) is 1. The Morgan fingerprint density at radius 2 is 2.47 bits per heavy atom. The van der Waals surface area contributed by atoms with E-state index in [1.807, 2.05) is 6.20 Å². The second kappa shape index (κ2) is 4.64. The molecule has 1 aromatic rings. The van der Waals surface area contributed by atoms with Crippen molar-refractivity contribution in [2.45, 2.75) is 17.9 Å². The summed E-state index contributed by atoms with van der Waals surface area (Å²) in [6.07, 6.45) is 6.85. The molecule has 0 aliphatic heterocycles. The molecule has 0 radical (unpaired) electrons. The van der Waals surface area contributed by atoms with Crippen LogP contribution in [0.5, 0.6) is 0 Å². The third-order valence-electron chi connectivity index (χ3n) is 2.58. The summed E-state index contributed by atoms with van der Waals surface area (Å²) < 4.78 is 5.29. The van der Waals surface area contributed by atoms with Crippen LogP contribution in [0.3, 0.4) is 0 Å². The zero-order valence-corrected chi connectivity index (χ0v) is 10.7. The van der Waals surface area contributed by atoms with E-state index in [9.17, 15) is 0 Å². The molecule has 0 amide bonds. The Labute approximate surface area is 102 Å². The second-order valence-corrected chi connectivity index (χ2v) is 4.36. The standard InChI is InChI=1S/C11H11BrClNO/c1-15-8-2-3-9-7(5-12)6-14-11(13)10(9)4-8/h2-3,6,8H,4-5H2,1H3. The number of pyridine rings is 1. The first-order chi connectivity index (χ1) is 7.26. The van der Waals surface area contributed by atoms with E-state index in [1.54, 1.807) is 7.11 Å². The summed E-state index contributed by atoms with van der Waals surface area (Å²) in [6, 6.07) is 0. The number of hydrogen-bond acceptors (Lipinski definition) is 2. The van der Waals surface area contributed by atoms with Crippen LogP contribution in [0.1, 0.15) is 16.7 Å². The molecule has 0 fully saturated rings. The van der Waals surface area contributed by atoms with Crippen molar-refractivity contribution in [1.82, 2.24) is 4.98 Å². The third-order valence-corrected chi connectivity index (χ3v) is 3.51. The normalized spacial score (nSPS) is 19.0. The van der Waals surface area contributed by atoms with Crippen molar-refractivity contribution in [3.05, 3.63) is 34.1 Å². The maximum atomic E-state index is 6.08. The molecule has 15 heavy (non-hydrogen) atoms. The predicted octanol–water partition coefficient (Wildman–Crippen LogP) is 3.21. The van der Waals surface area contributed by atoms with Gasteiger partial charge in [-0.3, -0.25) is 0 Å². The Morgan fingerprint density at radius 1 is 1.67 bits per heavy atom. The molecule has 1 aliphatic carbocycles. The summed E-state index contributed by atoms with van der Waals surface area (Å²) in [5, 5.41) is 1.38. The van der Waals surface area contributed by atoms with Gasteiger partial charge >= 0.3 is 0 Å². The molecule has 0 spiro atoms. The third kappa shape index (κ3) is 2.10. The molecule has 1 atom stereocenters. The number of aromatic nitrogens is 1. The molecular weight excluding hydrogens is 277 g/mol. The fraction of sp³-hybridized carbons (Fsp3) is 0.364. The molecular formula is C11H11BrClNO. The van der Waals surface area contributed by atoms with Crippen molar-refractivity contribution >= 4 is 33.6 Å². The molecule has 1 heterocycles. The molecule has 0 saturated heterocycles. The number of rotatable bonds is 2. The van der Waals surface area contributed by atoms with Crippen LogP contribution in [0, 0.1) is 0 Å². The van der Waals surface area contributed by atoms with Crippen LogP contribution in [0.2, 0.25) is 5.15 Å². The van der Waals surface area contributed by atoms with Crippen molar-refractivity contribution in [3.63, 3.8) is 0 Å². The lowest BCUT2D eigenvalue weighted by Gasteiger charge is -2.20. The van der Waals surface area contributed by atoms with Gasteiger partial charge in [-0.15, -0.1) is 0 Å². The van der Waals surface area contributed by atoms with Crippen molar-refractivity contribution in [2.75, 3.05) is 7.11 Å². The van der Waals surface area contributed by atoms with Crippen molar-refractivity contribution < 1.29 is 4.74 Å². The lowest BCUT2D eigenvalue weighted by Crippen LogP contribution is -2.16. The van der Waals surface area contributed by atoms with Crippen LogP contribution in [-0.2, 0) is 16.5 Å². The zero-order chi connectivity index (χ0) is 10.8. The summed E-state index contributed by atoms with van der Waals surface area (Å²) in [6.45, 7) is 0. The number of methoxy groups -OCH3 is 1. The minimum atomic E-state index is 0.113. The van der Waals surface area contributed by atoms with Crippen LogP contribution >= 0.6 is 27.5 Å². The van der Waals surface area contributed by atoms with Crippen LogP contribution in [0.25, 0.3) is 6.08 Å². The van der Waals surface area contributed by atoms with E-state index in [4.69, 9.17) is 16.3 Å². The first-order valence-electron chi connectivity index (χ1n) is 4.69. The number of ether oxygens (including phenoxy) is 1. The summed E-state index contributed by atoms with van der Waals surface area (Å²) in [7, 11) is 1.70. The van der Waals surface area contributed by atoms with E-state index >= 15 is 0 Å². The van der Waals surface area contributed by atoms with Gasteiger partial charge in [-0.1, -0.05) is 39.7 Å². The average molecular weight is 289 g/mol.